The molecule has 9 heteroatoms. The van der Waals surface area contributed by atoms with Crippen LogP contribution in [0.2, 0.25) is 0 Å². The molecule has 0 aromatic heterocycles. The van der Waals surface area contributed by atoms with Gasteiger partial charge in [-0.1, -0.05) is 13.8 Å². The monoisotopic (exact) mass is 305 g/mol. The van der Waals surface area contributed by atoms with Crippen molar-refractivity contribution in [1.29, 1.82) is 0 Å². The Morgan fingerprint density at radius 1 is 1.26 bits per heavy atom. The van der Waals surface area contributed by atoms with Gasteiger partial charge < -0.3 is 4.74 Å². The van der Waals surface area contributed by atoms with Crippen molar-refractivity contribution in [3.8, 4) is 0 Å². The smallest absolute Gasteiger partial charge is 0.381 e. The Balaban J connectivity index is 3.84. The minimum atomic E-state index is -5.61. The number of sulfonamides is 1. The Morgan fingerprint density at radius 3 is 2.32 bits per heavy atom. The molecule has 0 spiro atoms. The number of ether oxygens (including phenoxy) is 1. The van der Waals surface area contributed by atoms with E-state index in [1.54, 1.807) is 0 Å². The molecule has 0 heterocycles. The number of carbonyl (C=O) groups excluding carboxylic acids is 1. The number of alkyl halides is 3. The lowest BCUT2D eigenvalue weighted by Gasteiger charge is -2.09. The van der Waals surface area contributed by atoms with Gasteiger partial charge in [0.2, 0.25) is 5.91 Å². The van der Waals surface area contributed by atoms with Gasteiger partial charge in [-0.25, -0.2) is 4.72 Å². The van der Waals surface area contributed by atoms with Crippen LogP contribution in [0.3, 0.4) is 0 Å². The second-order valence-electron chi connectivity index (χ2n) is 4.37. The molecular weight excluding hydrogens is 287 g/mol. The van der Waals surface area contributed by atoms with Gasteiger partial charge in [-0.2, -0.15) is 21.6 Å². The quantitative estimate of drug-likeness (QED) is 0.694. The lowest BCUT2D eigenvalue weighted by molar-refractivity contribution is -0.121. The minimum Gasteiger partial charge on any atom is -0.381 e. The second kappa shape index (κ2) is 7.68. The highest BCUT2D eigenvalue weighted by Crippen LogP contribution is 2.21. The van der Waals surface area contributed by atoms with E-state index in [1.165, 1.54) is 0 Å². The third-order valence-electron chi connectivity index (χ3n) is 2.10. The molecule has 5 nitrogen and oxygen atoms in total. The molecule has 0 atom stereocenters. The molecule has 0 aliphatic carbocycles. The molecule has 1 amide bonds. The van der Waals surface area contributed by atoms with Crippen LogP contribution in [-0.2, 0) is 19.6 Å². The number of amides is 1. The average Bonchev–Trinajstić information content (AvgIpc) is 2.20. The molecule has 19 heavy (non-hydrogen) atoms. The van der Waals surface area contributed by atoms with Crippen molar-refractivity contribution in [2.75, 3.05) is 13.2 Å². The standard InChI is InChI=1S/C10H18F3NO4S/c1-8(2)4-3-6-18-7-5-9(15)14-19(16,17)10(11,12)13/h8H,3-7H2,1-2H3,(H,14,15). The summed E-state index contributed by atoms with van der Waals surface area (Å²) in [6, 6.07) is 0. The number of halogens is 3. The maximum atomic E-state index is 11.9. The van der Waals surface area contributed by atoms with Crippen molar-refractivity contribution in [3.05, 3.63) is 0 Å². The van der Waals surface area contributed by atoms with Crippen molar-refractivity contribution in [2.24, 2.45) is 5.92 Å². The van der Waals surface area contributed by atoms with E-state index in [-0.39, 0.29) is 6.61 Å². The van der Waals surface area contributed by atoms with Crippen LogP contribution in [0.15, 0.2) is 0 Å². The number of rotatable bonds is 8. The number of carbonyl (C=O) groups is 1. The summed E-state index contributed by atoms with van der Waals surface area (Å²) in [4.78, 5) is 11.0. The molecule has 0 aliphatic rings. The van der Waals surface area contributed by atoms with Crippen LogP contribution < -0.4 is 4.72 Å². The molecule has 0 saturated heterocycles. The van der Waals surface area contributed by atoms with Gasteiger partial charge in [0.15, 0.2) is 0 Å². The first-order valence-electron chi connectivity index (χ1n) is 5.76. The van der Waals surface area contributed by atoms with Crippen molar-refractivity contribution < 1.29 is 31.1 Å². The Hall–Kier alpha value is -0.830. The van der Waals surface area contributed by atoms with Crippen molar-refractivity contribution in [2.45, 2.75) is 38.6 Å². The molecule has 1 N–H and O–H groups in total. The topological polar surface area (TPSA) is 72.5 Å². The molecule has 0 saturated carbocycles. The maximum absolute atomic E-state index is 11.9. The summed E-state index contributed by atoms with van der Waals surface area (Å²) in [7, 11) is -5.61. The Bertz CT molecular complexity index is 379. The predicted molar refractivity (Wildman–Crippen MR) is 62.6 cm³/mol. The van der Waals surface area contributed by atoms with Gasteiger partial charge in [0, 0.05) is 6.61 Å². The van der Waals surface area contributed by atoms with Gasteiger partial charge in [0.05, 0.1) is 13.0 Å². The SMILES string of the molecule is CC(C)CCCOCCC(=O)NS(=O)(=O)C(F)(F)F. The average molecular weight is 305 g/mol. The van der Waals surface area contributed by atoms with E-state index in [9.17, 15) is 26.4 Å². The summed E-state index contributed by atoms with van der Waals surface area (Å²) >= 11 is 0. The summed E-state index contributed by atoms with van der Waals surface area (Å²) in [5.41, 5.74) is -5.49. The fourth-order valence-electron chi connectivity index (χ4n) is 1.12. The van der Waals surface area contributed by atoms with Gasteiger partial charge >= 0.3 is 15.5 Å². The van der Waals surface area contributed by atoms with Crippen molar-refractivity contribution in [1.82, 2.24) is 4.72 Å². The zero-order valence-corrected chi connectivity index (χ0v) is 11.6. The second-order valence-corrected chi connectivity index (χ2v) is 6.05. The Morgan fingerprint density at radius 2 is 1.84 bits per heavy atom. The van der Waals surface area contributed by atoms with Crippen LogP contribution >= 0.6 is 0 Å². The summed E-state index contributed by atoms with van der Waals surface area (Å²) in [5, 5.41) is 0. The highest BCUT2D eigenvalue weighted by Gasteiger charge is 2.46. The third-order valence-corrected chi connectivity index (χ3v) is 3.20. The fourth-order valence-corrected chi connectivity index (χ4v) is 1.64. The normalized spacial score (nSPS) is 12.7. The van der Waals surface area contributed by atoms with Crippen LogP contribution in [0.5, 0.6) is 0 Å². The fraction of sp³-hybridized carbons (Fsp3) is 0.900. The van der Waals surface area contributed by atoms with E-state index in [2.05, 4.69) is 0 Å². The molecule has 114 valence electrons. The van der Waals surface area contributed by atoms with Gasteiger partial charge in [-0.3, -0.25) is 4.79 Å². The van der Waals surface area contributed by atoms with Gasteiger partial charge in [-0.05, 0) is 18.8 Å². The van der Waals surface area contributed by atoms with Crippen LogP contribution in [0, 0.1) is 5.92 Å². The maximum Gasteiger partial charge on any atom is 0.516 e. The molecule has 0 rings (SSSR count). The number of nitrogens with one attached hydrogen (secondary N) is 1. The zero-order valence-electron chi connectivity index (χ0n) is 10.8. The molecule has 0 unspecified atom stereocenters. The number of hydrogen-bond donors (Lipinski definition) is 1. The lowest BCUT2D eigenvalue weighted by Crippen LogP contribution is -2.40. The molecular formula is C10H18F3NO4S. The molecule has 0 bridgehead atoms. The lowest BCUT2D eigenvalue weighted by atomic mass is 10.1. The highest BCUT2D eigenvalue weighted by atomic mass is 32.2. The van der Waals surface area contributed by atoms with Crippen LogP contribution in [0.1, 0.15) is 33.1 Å². The summed E-state index contributed by atoms with van der Waals surface area (Å²) < 4.78 is 62.9. The van der Waals surface area contributed by atoms with Gasteiger partial charge in [0.1, 0.15) is 0 Å². The minimum absolute atomic E-state index is 0.114. The Kier molecular flexibility index (Phi) is 7.35. The van der Waals surface area contributed by atoms with E-state index in [0.717, 1.165) is 17.6 Å². The largest absolute Gasteiger partial charge is 0.516 e. The van der Waals surface area contributed by atoms with E-state index in [1.807, 2.05) is 13.8 Å². The molecule has 0 aliphatic heterocycles. The van der Waals surface area contributed by atoms with Crippen LogP contribution in [0.25, 0.3) is 0 Å². The summed E-state index contributed by atoms with van der Waals surface area (Å²) in [6.45, 7) is 4.35. The van der Waals surface area contributed by atoms with E-state index >= 15 is 0 Å². The Labute approximate surface area is 110 Å². The first kappa shape index (κ1) is 18.2. The molecule has 0 aromatic rings. The highest BCUT2D eigenvalue weighted by molar-refractivity contribution is 7.90. The molecule has 0 aromatic carbocycles. The van der Waals surface area contributed by atoms with Gasteiger partial charge in [0.25, 0.3) is 0 Å². The number of hydrogen-bond acceptors (Lipinski definition) is 4. The first-order valence-corrected chi connectivity index (χ1v) is 7.24. The summed E-state index contributed by atoms with van der Waals surface area (Å²) in [5.74, 6) is -0.718. The molecule has 0 fully saturated rings. The van der Waals surface area contributed by atoms with Crippen molar-refractivity contribution in [3.63, 3.8) is 0 Å². The van der Waals surface area contributed by atoms with Crippen molar-refractivity contribution >= 4 is 15.9 Å². The zero-order chi connectivity index (χ0) is 15.1. The predicted octanol–water partition coefficient (Wildman–Crippen LogP) is 1.80. The summed E-state index contributed by atoms with van der Waals surface area (Å²) in [6.07, 6.45) is 1.28. The first-order chi connectivity index (χ1) is 8.56. The van der Waals surface area contributed by atoms with E-state index < -0.39 is 27.9 Å². The third kappa shape index (κ3) is 8.04. The van der Waals surface area contributed by atoms with E-state index in [4.69, 9.17) is 4.74 Å². The van der Waals surface area contributed by atoms with E-state index in [0.29, 0.717) is 12.5 Å². The molecule has 0 radical (unpaired) electrons. The van der Waals surface area contributed by atoms with Gasteiger partial charge in [-0.15, -0.1) is 0 Å². The van der Waals surface area contributed by atoms with Crippen LogP contribution in [-0.4, -0.2) is 33.0 Å². The van der Waals surface area contributed by atoms with Crippen LogP contribution in [0.4, 0.5) is 13.2 Å².